The predicted molar refractivity (Wildman–Crippen MR) is 81.6 cm³/mol. The normalized spacial score (nSPS) is 11.6. The van der Waals surface area contributed by atoms with Crippen LogP contribution in [0.25, 0.3) is 0 Å². The highest BCUT2D eigenvalue weighted by molar-refractivity contribution is 7.89. The minimum atomic E-state index is -3.83. The number of benzene rings is 2. The van der Waals surface area contributed by atoms with Gasteiger partial charge in [0.25, 0.3) is 0 Å². The van der Waals surface area contributed by atoms with E-state index in [1.165, 1.54) is 12.1 Å². The smallest absolute Gasteiger partial charge is 0.207 e. The van der Waals surface area contributed by atoms with E-state index in [9.17, 15) is 12.8 Å². The van der Waals surface area contributed by atoms with Gasteiger partial charge in [-0.25, -0.2) is 17.5 Å². The predicted octanol–water partition coefficient (Wildman–Crippen LogP) is 3.92. The van der Waals surface area contributed by atoms with E-state index in [-0.39, 0.29) is 16.5 Å². The van der Waals surface area contributed by atoms with Gasteiger partial charge in [0.1, 0.15) is 5.82 Å². The molecule has 0 aromatic heterocycles. The van der Waals surface area contributed by atoms with Gasteiger partial charge in [0.05, 0.1) is 14.9 Å². The second kappa shape index (κ2) is 6.32. The minimum absolute atomic E-state index is 0.0301. The summed E-state index contributed by atoms with van der Waals surface area (Å²) in [5.41, 5.74) is 1.00. The molecule has 0 saturated heterocycles. The van der Waals surface area contributed by atoms with Gasteiger partial charge in [-0.05, 0) is 36.2 Å². The topological polar surface area (TPSA) is 46.2 Å². The first-order chi connectivity index (χ1) is 9.81. The molecule has 2 aromatic rings. The molecule has 0 aliphatic heterocycles. The molecule has 21 heavy (non-hydrogen) atoms. The quantitative estimate of drug-likeness (QED) is 0.910. The molecule has 0 heterocycles. The second-order valence-electron chi connectivity index (χ2n) is 4.45. The van der Waals surface area contributed by atoms with Gasteiger partial charge in [-0.2, -0.15) is 0 Å². The lowest BCUT2D eigenvalue weighted by Gasteiger charge is -2.11. The SMILES string of the molecule is Cc1ccc(F)cc1S(=O)(=O)NCc1cccc(Cl)c1Cl. The maximum absolute atomic E-state index is 13.2. The Kier molecular flexibility index (Phi) is 4.88. The van der Waals surface area contributed by atoms with Crippen molar-refractivity contribution in [3.8, 4) is 0 Å². The molecule has 7 heteroatoms. The highest BCUT2D eigenvalue weighted by Gasteiger charge is 2.18. The Morgan fingerprint density at radius 3 is 2.62 bits per heavy atom. The molecule has 0 unspecified atom stereocenters. The maximum atomic E-state index is 13.2. The molecule has 112 valence electrons. The molecular weight excluding hydrogens is 336 g/mol. The number of hydrogen-bond donors (Lipinski definition) is 1. The zero-order chi connectivity index (χ0) is 15.6. The number of aryl methyl sites for hydroxylation is 1. The van der Waals surface area contributed by atoms with Gasteiger partial charge in [0, 0.05) is 6.54 Å². The van der Waals surface area contributed by atoms with Crippen LogP contribution in [0.15, 0.2) is 41.3 Å². The molecule has 0 atom stereocenters. The second-order valence-corrected chi connectivity index (χ2v) is 6.97. The van der Waals surface area contributed by atoms with Crippen LogP contribution >= 0.6 is 23.2 Å². The van der Waals surface area contributed by atoms with Crippen molar-refractivity contribution in [1.29, 1.82) is 0 Å². The molecule has 0 fully saturated rings. The van der Waals surface area contributed by atoms with E-state index in [4.69, 9.17) is 23.2 Å². The Morgan fingerprint density at radius 2 is 1.90 bits per heavy atom. The third-order valence-corrected chi connectivity index (χ3v) is 5.33. The van der Waals surface area contributed by atoms with Crippen LogP contribution in [-0.4, -0.2) is 8.42 Å². The van der Waals surface area contributed by atoms with Crippen molar-refractivity contribution in [3.05, 3.63) is 63.4 Å². The summed E-state index contributed by atoms with van der Waals surface area (Å²) in [7, 11) is -3.83. The van der Waals surface area contributed by atoms with Crippen molar-refractivity contribution in [2.75, 3.05) is 0 Å². The van der Waals surface area contributed by atoms with Crippen molar-refractivity contribution in [3.63, 3.8) is 0 Å². The van der Waals surface area contributed by atoms with Crippen molar-refractivity contribution < 1.29 is 12.8 Å². The fraction of sp³-hybridized carbons (Fsp3) is 0.143. The number of sulfonamides is 1. The summed E-state index contributed by atoms with van der Waals surface area (Å²) in [6, 6.07) is 8.55. The van der Waals surface area contributed by atoms with Crippen LogP contribution in [0.1, 0.15) is 11.1 Å². The Labute approximate surface area is 132 Å². The number of nitrogens with one attached hydrogen (secondary N) is 1. The molecule has 2 rings (SSSR count). The number of rotatable bonds is 4. The Morgan fingerprint density at radius 1 is 1.19 bits per heavy atom. The van der Waals surface area contributed by atoms with Crippen LogP contribution in [0.3, 0.4) is 0 Å². The summed E-state index contributed by atoms with van der Waals surface area (Å²) in [6.07, 6.45) is 0. The van der Waals surface area contributed by atoms with Crippen molar-refractivity contribution in [1.82, 2.24) is 4.72 Å². The van der Waals surface area contributed by atoms with Crippen LogP contribution in [0.5, 0.6) is 0 Å². The molecule has 1 N–H and O–H groups in total. The minimum Gasteiger partial charge on any atom is -0.207 e. The molecule has 0 spiro atoms. The maximum Gasteiger partial charge on any atom is 0.241 e. The molecule has 0 radical (unpaired) electrons. The van der Waals surface area contributed by atoms with Gasteiger partial charge in [0.15, 0.2) is 0 Å². The molecule has 0 amide bonds. The molecule has 2 aromatic carbocycles. The van der Waals surface area contributed by atoms with E-state index in [2.05, 4.69) is 4.72 Å². The van der Waals surface area contributed by atoms with Gasteiger partial charge >= 0.3 is 0 Å². The van der Waals surface area contributed by atoms with E-state index >= 15 is 0 Å². The van der Waals surface area contributed by atoms with Crippen LogP contribution in [0.2, 0.25) is 10.0 Å². The monoisotopic (exact) mass is 347 g/mol. The first-order valence-corrected chi connectivity index (χ1v) is 8.24. The Bertz CT molecular complexity index is 779. The highest BCUT2D eigenvalue weighted by Crippen LogP contribution is 2.26. The first-order valence-electron chi connectivity index (χ1n) is 6.00. The lowest BCUT2D eigenvalue weighted by molar-refractivity contribution is 0.576. The zero-order valence-electron chi connectivity index (χ0n) is 11.0. The lowest BCUT2D eigenvalue weighted by atomic mass is 10.2. The number of hydrogen-bond acceptors (Lipinski definition) is 2. The third-order valence-electron chi connectivity index (χ3n) is 2.92. The molecular formula is C14H12Cl2FNO2S. The van der Waals surface area contributed by atoms with Crippen molar-refractivity contribution in [2.24, 2.45) is 0 Å². The standard InChI is InChI=1S/C14H12Cl2FNO2S/c1-9-5-6-11(17)7-13(9)21(19,20)18-8-10-3-2-4-12(15)14(10)16/h2-7,18H,8H2,1H3. The van der Waals surface area contributed by atoms with Gasteiger partial charge in [-0.3, -0.25) is 0 Å². The average molecular weight is 348 g/mol. The summed E-state index contributed by atoms with van der Waals surface area (Å²) < 4.78 is 40.1. The molecule has 0 aliphatic rings. The first kappa shape index (κ1) is 16.2. The van der Waals surface area contributed by atoms with Crippen LogP contribution in [-0.2, 0) is 16.6 Å². The van der Waals surface area contributed by atoms with Crippen molar-refractivity contribution in [2.45, 2.75) is 18.4 Å². The fourth-order valence-corrected chi connectivity index (χ4v) is 3.45. The van der Waals surface area contributed by atoms with Gasteiger partial charge in [-0.15, -0.1) is 0 Å². The molecule has 3 nitrogen and oxygen atoms in total. The molecule has 0 bridgehead atoms. The summed E-state index contributed by atoms with van der Waals surface area (Å²) in [6.45, 7) is 1.57. The molecule has 0 saturated carbocycles. The summed E-state index contributed by atoms with van der Waals surface area (Å²) >= 11 is 11.9. The van der Waals surface area contributed by atoms with Crippen molar-refractivity contribution >= 4 is 33.2 Å². The largest absolute Gasteiger partial charge is 0.241 e. The highest BCUT2D eigenvalue weighted by atomic mass is 35.5. The van der Waals surface area contributed by atoms with Gasteiger partial charge < -0.3 is 0 Å². The van der Waals surface area contributed by atoms with Crippen LogP contribution in [0, 0.1) is 12.7 Å². The molecule has 0 aliphatic carbocycles. The van der Waals surface area contributed by atoms with E-state index in [1.54, 1.807) is 25.1 Å². The number of halogens is 3. The zero-order valence-corrected chi connectivity index (χ0v) is 13.4. The summed E-state index contributed by atoms with van der Waals surface area (Å²) in [4.78, 5) is -0.0966. The van der Waals surface area contributed by atoms with Gasteiger partial charge in [0.2, 0.25) is 10.0 Å². The third kappa shape index (κ3) is 3.74. The Hall–Kier alpha value is -1.14. The summed E-state index contributed by atoms with van der Waals surface area (Å²) in [5, 5.41) is 0.633. The van der Waals surface area contributed by atoms with Crippen LogP contribution in [0.4, 0.5) is 4.39 Å². The van der Waals surface area contributed by atoms with E-state index in [1.807, 2.05) is 0 Å². The van der Waals surface area contributed by atoms with E-state index in [0.717, 1.165) is 6.07 Å². The Balaban J connectivity index is 2.26. The van der Waals surface area contributed by atoms with E-state index in [0.29, 0.717) is 16.1 Å². The van der Waals surface area contributed by atoms with Gasteiger partial charge in [-0.1, -0.05) is 41.4 Å². The fourth-order valence-electron chi connectivity index (χ4n) is 1.80. The average Bonchev–Trinajstić information content (AvgIpc) is 2.43. The lowest BCUT2D eigenvalue weighted by Crippen LogP contribution is -2.24. The van der Waals surface area contributed by atoms with Crippen LogP contribution < -0.4 is 4.72 Å². The van der Waals surface area contributed by atoms with E-state index < -0.39 is 15.8 Å². The summed E-state index contributed by atoms with van der Waals surface area (Å²) in [5.74, 6) is -0.609.